The van der Waals surface area contributed by atoms with Gasteiger partial charge in [0.15, 0.2) is 0 Å². The summed E-state index contributed by atoms with van der Waals surface area (Å²) in [6.07, 6.45) is 16.1. The Hall–Kier alpha value is -1.83. The van der Waals surface area contributed by atoms with Crippen LogP contribution < -0.4 is 17.2 Å². The SMILES string of the molecule is CN1C[C@]2(C[C@H]1C(=O)CC(CC1CCC1)C(O)C(N)=O)C(C)(C)C21CCC1.CN1C[C@]2(C[C@H]1C(=O)O)C(C)(C)C21CCC1.Cl.NC(=O)C(O)C(N)CC1CCC1. The van der Waals surface area contributed by atoms with Crippen molar-refractivity contribution in [1.29, 1.82) is 0 Å². The first kappa shape index (κ1) is 45.3. The second kappa shape index (κ2) is 16.0. The predicted molar refractivity (Wildman–Crippen MR) is 217 cm³/mol. The normalized spacial score (nSPS) is 34.8. The zero-order chi connectivity index (χ0) is 40.5. The van der Waals surface area contributed by atoms with Gasteiger partial charge in [0.1, 0.15) is 24.0 Å². The molecular formula is C43H74ClN5O7. The van der Waals surface area contributed by atoms with E-state index in [0.717, 1.165) is 45.2 Å². The van der Waals surface area contributed by atoms with E-state index in [9.17, 15) is 29.4 Å². The van der Waals surface area contributed by atoms with Crippen LogP contribution in [0.3, 0.4) is 0 Å². The fraction of sp³-hybridized carbons (Fsp3) is 0.907. The molecule has 8 atom stereocenters. The van der Waals surface area contributed by atoms with Gasteiger partial charge in [0.2, 0.25) is 11.8 Å². The summed E-state index contributed by atoms with van der Waals surface area (Å²) in [6.45, 7) is 11.5. The maximum atomic E-state index is 13.2. The molecule has 8 rings (SSSR count). The average Bonchev–Trinajstić information content (AvgIpc) is 3.35. The lowest BCUT2D eigenvalue weighted by molar-refractivity contribution is -0.141. The molecule has 13 heteroatoms. The van der Waals surface area contributed by atoms with Gasteiger partial charge in [-0.3, -0.25) is 29.0 Å². The summed E-state index contributed by atoms with van der Waals surface area (Å²) < 4.78 is 0. The van der Waals surface area contributed by atoms with Gasteiger partial charge in [0.25, 0.3) is 0 Å². The van der Waals surface area contributed by atoms with Crippen LogP contribution in [0.25, 0.3) is 0 Å². The summed E-state index contributed by atoms with van der Waals surface area (Å²) >= 11 is 0. The number of aliphatic carboxylic acids is 1. The number of rotatable bonds is 12. The van der Waals surface area contributed by atoms with Crippen molar-refractivity contribution in [2.24, 2.45) is 67.4 Å². The number of halogens is 1. The zero-order valence-corrected chi connectivity index (χ0v) is 35.9. The molecule has 56 heavy (non-hydrogen) atoms. The molecule has 6 saturated carbocycles. The lowest BCUT2D eigenvalue weighted by Crippen LogP contribution is -2.45. The minimum Gasteiger partial charge on any atom is -0.480 e. The Morgan fingerprint density at radius 1 is 0.661 bits per heavy atom. The minimum absolute atomic E-state index is 0. The summed E-state index contributed by atoms with van der Waals surface area (Å²) in [5, 5.41) is 28.7. The highest BCUT2D eigenvalue weighted by atomic mass is 35.5. The number of aliphatic hydroxyl groups excluding tert-OH is 2. The Balaban J connectivity index is 0.000000176. The predicted octanol–water partition coefficient (Wildman–Crippen LogP) is 4.24. The third-order valence-corrected chi connectivity index (χ3v) is 18.3. The zero-order valence-electron chi connectivity index (χ0n) is 35.1. The number of hydrogen-bond donors (Lipinski definition) is 6. The highest BCUT2D eigenvalue weighted by Crippen LogP contribution is 2.89. The lowest BCUT2D eigenvalue weighted by atomic mass is 9.73. The Morgan fingerprint density at radius 3 is 1.39 bits per heavy atom. The number of carbonyl (C=O) groups excluding carboxylic acids is 3. The van der Waals surface area contributed by atoms with Crippen molar-refractivity contribution < 1.29 is 34.5 Å². The molecule has 4 spiro atoms. The van der Waals surface area contributed by atoms with E-state index in [4.69, 9.17) is 22.3 Å². The number of fused-ring (bicyclic) bond motifs is 2. The first-order chi connectivity index (χ1) is 25.6. The number of nitrogens with two attached hydrogens (primary N) is 3. The molecule has 2 saturated heterocycles. The molecule has 0 aromatic rings. The van der Waals surface area contributed by atoms with E-state index < -0.39 is 36.0 Å². The molecule has 4 unspecified atom stereocenters. The van der Waals surface area contributed by atoms with E-state index in [1.807, 2.05) is 7.05 Å². The summed E-state index contributed by atoms with van der Waals surface area (Å²) in [7, 11) is 4.04. The maximum Gasteiger partial charge on any atom is 0.320 e. The van der Waals surface area contributed by atoms with Gasteiger partial charge >= 0.3 is 5.97 Å². The van der Waals surface area contributed by atoms with E-state index in [0.29, 0.717) is 45.3 Å². The van der Waals surface area contributed by atoms with Crippen LogP contribution in [0.15, 0.2) is 0 Å². The Morgan fingerprint density at radius 2 is 1.07 bits per heavy atom. The number of carboxylic acid groups (broad SMARTS) is 1. The van der Waals surface area contributed by atoms with Gasteiger partial charge in [-0.2, -0.15) is 0 Å². The summed E-state index contributed by atoms with van der Waals surface area (Å²) in [6, 6.07) is -0.805. The molecule has 2 aliphatic heterocycles. The molecule has 8 fully saturated rings. The third-order valence-electron chi connectivity index (χ3n) is 18.3. The first-order valence-electron chi connectivity index (χ1n) is 21.5. The third kappa shape index (κ3) is 6.95. The van der Waals surface area contributed by atoms with E-state index in [1.54, 1.807) is 0 Å². The molecule has 0 aromatic heterocycles. The van der Waals surface area contributed by atoms with Crippen LogP contribution in [-0.2, 0) is 19.2 Å². The van der Waals surface area contributed by atoms with E-state index >= 15 is 0 Å². The smallest absolute Gasteiger partial charge is 0.320 e. The molecule has 9 N–H and O–H groups in total. The fourth-order valence-electron chi connectivity index (χ4n) is 13.8. The van der Waals surface area contributed by atoms with Crippen molar-refractivity contribution in [3.63, 3.8) is 0 Å². The quantitative estimate of drug-likeness (QED) is 0.165. The standard InChI is InChI=1S/C22H36N2O3.C13H21NO2.C8H16N2O2.ClH/c1-20(2)21(8-5-9-21)22(20)12-16(24(3)13-22)17(25)11-15(18(26)19(23)27)10-14-6-4-7-14;1-11(2)12(5-4-6-12)13(11)7-9(10(15)16)14(3)8-13;9-6(7(11)8(10)12)4-5-2-1-3-5;/h14-16,18,26H,4-13H2,1-3H3,(H2,23,27);9H,4-8H2,1-3H3,(H,15,16);5-7,11H,1-4,9H2,(H2,10,12);1H/t15?,16-,18?,22+;9-,13+;;/m00../s1. The van der Waals surface area contributed by atoms with Crippen molar-refractivity contribution in [1.82, 2.24) is 9.80 Å². The summed E-state index contributed by atoms with van der Waals surface area (Å²) in [4.78, 5) is 50.8. The largest absolute Gasteiger partial charge is 0.480 e. The van der Waals surface area contributed by atoms with Crippen LogP contribution in [0, 0.1) is 50.2 Å². The van der Waals surface area contributed by atoms with Crippen molar-refractivity contribution >= 4 is 36.0 Å². The molecule has 6 aliphatic carbocycles. The van der Waals surface area contributed by atoms with E-state index in [-0.39, 0.29) is 48.0 Å². The number of carbonyl (C=O) groups is 4. The summed E-state index contributed by atoms with van der Waals surface area (Å²) in [5.74, 6) is -1.07. The number of likely N-dealkylation sites (N-methyl/N-ethyl adjacent to an activating group) is 2. The van der Waals surface area contributed by atoms with Crippen molar-refractivity contribution in [2.75, 3.05) is 27.2 Å². The minimum atomic E-state index is -1.20. The van der Waals surface area contributed by atoms with E-state index in [2.05, 4.69) is 44.5 Å². The Labute approximate surface area is 341 Å². The topological polar surface area (TPSA) is 214 Å². The molecule has 8 aliphatic rings. The second-order valence-electron chi connectivity index (χ2n) is 20.7. The number of aliphatic hydroxyl groups is 2. The van der Waals surface area contributed by atoms with Crippen molar-refractivity contribution in [3.05, 3.63) is 0 Å². The average molecular weight is 809 g/mol. The number of carboxylic acids is 1. The van der Waals surface area contributed by atoms with Crippen LogP contribution in [0.4, 0.5) is 0 Å². The van der Waals surface area contributed by atoms with Gasteiger partial charge in [-0.05, 0) is 110 Å². The number of primary amides is 2. The fourth-order valence-corrected chi connectivity index (χ4v) is 13.8. The number of likely N-dealkylation sites (tertiary alicyclic amines) is 2. The molecular weight excluding hydrogens is 734 g/mol. The lowest BCUT2D eigenvalue weighted by Gasteiger charge is -2.32. The molecule has 2 heterocycles. The van der Waals surface area contributed by atoms with Gasteiger partial charge in [0.05, 0.1) is 6.04 Å². The number of nitrogens with zero attached hydrogens (tertiary/aromatic N) is 2. The van der Waals surface area contributed by atoms with Crippen LogP contribution >= 0.6 is 12.4 Å². The van der Waals surface area contributed by atoms with Gasteiger partial charge in [-0.1, -0.05) is 79.1 Å². The van der Waals surface area contributed by atoms with Crippen molar-refractivity contribution in [3.8, 4) is 0 Å². The first-order valence-corrected chi connectivity index (χ1v) is 21.5. The van der Waals surface area contributed by atoms with Crippen LogP contribution in [0.1, 0.15) is 137 Å². The van der Waals surface area contributed by atoms with Gasteiger partial charge in [-0.25, -0.2) is 0 Å². The van der Waals surface area contributed by atoms with Crippen LogP contribution in [-0.4, -0.2) is 106 Å². The number of amides is 2. The number of hydrogen-bond acceptors (Lipinski definition) is 9. The van der Waals surface area contributed by atoms with Gasteiger partial charge < -0.3 is 32.5 Å². The molecule has 0 bridgehead atoms. The van der Waals surface area contributed by atoms with Gasteiger partial charge in [0, 0.05) is 31.5 Å². The van der Waals surface area contributed by atoms with Crippen LogP contribution in [0.5, 0.6) is 0 Å². The molecule has 0 aromatic carbocycles. The molecule has 320 valence electrons. The highest BCUT2D eigenvalue weighted by Gasteiger charge is 2.85. The maximum absolute atomic E-state index is 13.2. The van der Waals surface area contributed by atoms with Gasteiger partial charge in [-0.15, -0.1) is 12.4 Å². The molecule has 2 amide bonds. The van der Waals surface area contributed by atoms with E-state index in [1.165, 1.54) is 64.2 Å². The monoisotopic (exact) mass is 808 g/mol. The Bertz CT molecular complexity index is 1490. The number of ketones is 1. The Kier molecular flexibility index (Phi) is 12.9. The molecule has 12 nitrogen and oxygen atoms in total. The molecule has 0 radical (unpaired) electrons. The second-order valence-corrected chi connectivity index (χ2v) is 20.7. The van der Waals surface area contributed by atoms with Crippen LogP contribution in [0.2, 0.25) is 0 Å². The summed E-state index contributed by atoms with van der Waals surface area (Å²) in [5.41, 5.74) is 18.0. The van der Waals surface area contributed by atoms with Crippen molar-refractivity contribution in [2.45, 2.75) is 167 Å². The number of Topliss-reactive ketones (excluding diaryl/α,β-unsaturated/α-hetero) is 1. The highest BCUT2D eigenvalue weighted by molar-refractivity contribution is 5.86.